The number of carbonyl (C=O) groups is 1. The van der Waals surface area contributed by atoms with E-state index in [9.17, 15) is 4.79 Å². The summed E-state index contributed by atoms with van der Waals surface area (Å²) in [5.74, 6) is 2.15. The summed E-state index contributed by atoms with van der Waals surface area (Å²) in [6, 6.07) is 6.07. The Morgan fingerprint density at radius 2 is 2.20 bits per heavy atom. The third kappa shape index (κ3) is 4.70. The van der Waals surface area contributed by atoms with Gasteiger partial charge >= 0.3 is 0 Å². The first kappa shape index (κ1) is 17.7. The number of ether oxygens (including phenoxy) is 1. The van der Waals surface area contributed by atoms with E-state index in [0.717, 1.165) is 37.7 Å². The van der Waals surface area contributed by atoms with Crippen LogP contribution >= 0.6 is 0 Å². The maximum absolute atomic E-state index is 11.7. The molecule has 0 fully saturated rings. The lowest BCUT2D eigenvalue weighted by molar-refractivity contribution is -0.134. The van der Waals surface area contributed by atoms with Crippen molar-refractivity contribution in [2.45, 2.75) is 26.6 Å². The van der Waals surface area contributed by atoms with Crippen molar-refractivity contribution in [3.05, 3.63) is 41.6 Å². The van der Waals surface area contributed by atoms with Crippen LogP contribution in [0.5, 0.6) is 0 Å². The molecular formula is C18H26N4O3. The van der Waals surface area contributed by atoms with Gasteiger partial charge in [0, 0.05) is 45.8 Å². The van der Waals surface area contributed by atoms with Gasteiger partial charge in [-0.15, -0.1) is 0 Å². The van der Waals surface area contributed by atoms with Crippen LogP contribution in [0.4, 0.5) is 0 Å². The van der Waals surface area contributed by atoms with Gasteiger partial charge in [-0.2, -0.15) is 5.10 Å². The summed E-state index contributed by atoms with van der Waals surface area (Å²) in [4.78, 5) is 15.6. The summed E-state index contributed by atoms with van der Waals surface area (Å²) in [6.07, 6.45) is 1.84. The van der Waals surface area contributed by atoms with E-state index >= 15 is 0 Å². The fourth-order valence-electron chi connectivity index (χ4n) is 3.08. The van der Waals surface area contributed by atoms with E-state index in [1.54, 1.807) is 19.0 Å². The van der Waals surface area contributed by atoms with Crippen molar-refractivity contribution in [1.29, 1.82) is 0 Å². The van der Waals surface area contributed by atoms with Crippen molar-refractivity contribution in [2.75, 3.05) is 33.9 Å². The van der Waals surface area contributed by atoms with Gasteiger partial charge in [-0.3, -0.25) is 14.4 Å². The van der Waals surface area contributed by atoms with Crippen molar-refractivity contribution < 1.29 is 13.9 Å². The molecular weight excluding hydrogens is 320 g/mol. The molecule has 0 bridgehead atoms. The zero-order valence-corrected chi connectivity index (χ0v) is 15.1. The second-order valence-electron chi connectivity index (χ2n) is 6.86. The monoisotopic (exact) mass is 346 g/mol. The van der Waals surface area contributed by atoms with Crippen LogP contribution < -0.4 is 0 Å². The first-order valence-corrected chi connectivity index (χ1v) is 8.57. The van der Waals surface area contributed by atoms with E-state index in [1.807, 2.05) is 29.9 Å². The molecule has 0 spiro atoms. The Morgan fingerprint density at radius 3 is 2.92 bits per heavy atom. The molecule has 1 amide bonds. The highest BCUT2D eigenvalue weighted by molar-refractivity contribution is 5.76. The van der Waals surface area contributed by atoms with E-state index in [2.05, 4.69) is 16.1 Å². The zero-order valence-electron chi connectivity index (χ0n) is 15.1. The number of aromatic nitrogens is 2. The van der Waals surface area contributed by atoms with Crippen LogP contribution in [0.15, 0.2) is 28.8 Å². The predicted octanol–water partition coefficient (Wildman–Crippen LogP) is 1.52. The average Bonchev–Trinajstić information content (AvgIpc) is 3.12. The standard InChI is InChI=1S/C18H26N4O3/c1-14-4-5-17(25-14)11-21-8-15(12-24-13-18(23)20(2)3)9-22-16(10-21)6-7-19-22/h4-7,15H,8-13H2,1-3H3/t15-/m1/s1. The third-order valence-electron chi connectivity index (χ3n) is 4.39. The van der Waals surface area contributed by atoms with Gasteiger partial charge in [0.15, 0.2) is 0 Å². The van der Waals surface area contributed by atoms with Gasteiger partial charge in [-0.1, -0.05) is 0 Å². The molecule has 0 saturated carbocycles. The van der Waals surface area contributed by atoms with Crippen LogP contribution in [-0.4, -0.2) is 59.3 Å². The number of carbonyl (C=O) groups excluding carboxylic acids is 1. The Labute approximate surface area is 148 Å². The number of amides is 1. The number of nitrogens with zero attached hydrogens (tertiary/aromatic N) is 4. The van der Waals surface area contributed by atoms with Crippen molar-refractivity contribution >= 4 is 5.91 Å². The Balaban J connectivity index is 1.63. The van der Waals surface area contributed by atoms with Gasteiger partial charge in [0.05, 0.1) is 18.8 Å². The molecule has 0 aliphatic carbocycles. The summed E-state index contributed by atoms with van der Waals surface area (Å²) in [6.45, 7) is 5.86. The first-order valence-electron chi connectivity index (χ1n) is 8.57. The van der Waals surface area contributed by atoms with Crippen LogP contribution in [0.3, 0.4) is 0 Å². The van der Waals surface area contributed by atoms with Crippen LogP contribution in [0.25, 0.3) is 0 Å². The third-order valence-corrected chi connectivity index (χ3v) is 4.39. The largest absolute Gasteiger partial charge is 0.465 e. The number of hydrogen-bond donors (Lipinski definition) is 0. The molecule has 3 rings (SSSR count). The molecule has 0 radical (unpaired) electrons. The minimum Gasteiger partial charge on any atom is -0.465 e. The lowest BCUT2D eigenvalue weighted by Gasteiger charge is -2.23. The van der Waals surface area contributed by atoms with E-state index in [1.165, 1.54) is 5.69 Å². The van der Waals surface area contributed by atoms with Crippen molar-refractivity contribution in [3.8, 4) is 0 Å². The molecule has 2 aromatic rings. The van der Waals surface area contributed by atoms with Crippen molar-refractivity contribution in [2.24, 2.45) is 5.92 Å². The second kappa shape index (κ2) is 7.84. The number of furan rings is 1. The molecule has 7 heteroatoms. The molecule has 136 valence electrons. The van der Waals surface area contributed by atoms with E-state index < -0.39 is 0 Å². The molecule has 25 heavy (non-hydrogen) atoms. The molecule has 3 heterocycles. The quantitative estimate of drug-likeness (QED) is 0.794. The van der Waals surface area contributed by atoms with Crippen molar-refractivity contribution in [1.82, 2.24) is 19.6 Å². The van der Waals surface area contributed by atoms with Crippen LogP contribution in [0.1, 0.15) is 17.2 Å². The summed E-state index contributed by atoms with van der Waals surface area (Å²) >= 11 is 0. The minimum atomic E-state index is -0.0173. The highest BCUT2D eigenvalue weighted by Gasteiger charge is 2.23. The topological polar surface area (TPSA) is 63.7 Å². The molecule has 1 aliphatic rings. The summed E-state index contributed by atoms with van der Waals surface area (Å²) in [5, 5.41) is 4.42. The lowest BCUT2D eigenvalue weighted by Crippen LogP contribution is -2.32. The molecule has 0 N–H and O–H groups in total. The zero-order chi connectivity index (χ0) is 17.8. The highest BCUT2D eigenvalue weighted by atomic mass is 16.5. The normalized spacial score (nSPS) is 18.0. The van der Waals surface area contributed by atoms with Gasteiger partial charge in [-0.25, -0.2) is 0 Å². The fourth-order valence-corrected chi connectivity index (χ4v) is 3.08. The van der Waals surface area contributed by atoms with Gasteiger partial charge in [-0.05, 0) is 25.1 Å². The summed E-state index contributed by atoms with van der Waals surface area (Å²) in [5.41, 5.74) is 1.19. The smallest absolute Gasteiger partial charge is 0.248 e. The molecule has 2 aromatic heterocycles. The second-order valence-corrected chi connectivity index (χ2v) is 6.86. The molecule has 0 unspecified atom stereocenters. The highest BCUT2D eigenvalue weighted by Crippen LogP contribution is 2.19. The number of fused-ring (bicyclic) bond motifs is 1. The molecule has 0 aromatic carbocycles. The minimum absolute atomic E-state index is 0.0173. The van der Waals surface area contributed by atoms with Crippen LogP contribution in [0, 0.1) is 12.8 Å². The number of likely N-dealkylation sites (N-methyl/N-ethyl adjacent to an activating group) is 1. The van der Waals surface area contributed by atoms with Crippen molar-refractivity contribution in [3.63, 3.8) is 0 Å². The predicted molar refractivity (Wildman–Crippen MR) is 92.8 cm³/mol. The summed E-state index contributed by atoms with van der Waals surface area (Å²) in [7, 11) is 3.47. The van der Waals surface area contributed by atoms with Gasteiger partial charge in [0.25, 0.3) is 0 Å². The maximum Gasteiger partial charge on any atom is 0.248 e. The SMILES string of the molecule is Cc1ccc(CN2Cc3ccnn3C[C@H](COCC(=O)N(C)C)C2)o1. The van der Waals surface area contributed by atoms with E-state index in [0.29, 0.717) is 6.61 Å². The lowest BCUT2D eigenvalue weighted by atomic mass is 10.1. The molecule has 1 atom stereocenters. The first-order chi connectivity index (χ1) is 12.0. The Kier molecular flexibility index (Phi) is 5.55. The molecule has 7 nitrogen and oxygen atoms in total. The van der Waals surface area contributed by atoms with Gasteiger partial charge in [0.2, 0.25) is 5.91 Å². The van der Waals surface area contributed by atoms with Gasteiger partial charge < -0.3 is 14.1 Å². The number of hydrogen-bond acceptors (Lipinski definition) is 5. The fraction of sp³-hybridized carbons (Fsp3) is 0.556. The molecule has 1 aliphatic heterocycles. The van der Waals surface area contributed by atoms with E-state index in [4.69, 9.17) is 9.15 Å². The van der Waals surface area contributed by atoms with E-state index in [-0.39, 0.29) is 18.4 Å². The Hall–Kier alpha value is -2.12. The number of aryl methyl sites for hydroxylation is 1. The Morgan fingerprint density at radius 1 is 1.36 bits per heavy atom. The summed E-state index contributed by atoms with van der Waals surface area (Å²) < 4.78 is 13.4. The van der Waals surface area contributed by atoms with Crippen LogP contribution in [0.2, 0.25) is 0 Å². The average molecular weight is 346 g/mol. The maximum atomic E-state index is 11.7. The number of rotatable bonds is 6. The van der Waals surface area contributed by atoms with Gasteiger partial charge in [0.1, 0.15) is 18.1 Å². The van der Waals surface area contributed by atoms with Crippen LogP contribution in [-0.2, 0) is 29.2 Å². The molecule has 0 saturated heterocycles. The Bertz CT molecular complexity index is 707.